The zero-order valence-corrected chi connectivity index (χ0v) is 25.0. The van der Waals surface area contributed by atoms with Crippen LogP contribution in [0, 0.1) is 0 Å². The number of aliphatic hydroxyl groups excluding tert-OH is 3. The second-order valence-corrected chi connectivity index (χ2v) is 9.79. The van der Waals surface area contributed by atoms with Crippen molar-refractivity contribution in [3.05, 3.63) is 12.7 Å². The largest absolute Gasteiger partial charge is 0.495 e. The van der Waals surface area contributed by atoms with E-state index in [0.29, 0.717) is 19.6 Å². The van der Waals surface area contributed by atoms with E-state index in [9.17, 15) is 41.7 Å². The average Bonchev–Trinajstić information content (AvgIpc) is 2.94. The molecule has 0 radical (unpaired) electrons. The number of aliphatic hydroxyl groups is 3. The minimum absolute atomic E-state index is 0.00251. The van der Waals surface area contributed by atoms with E-state index >= 15 is 0 Å². The monoisotopic (exact) mass is 677 g/mol. The van der Waals surface area contributed by atoms with E-state index in [2.05, 4.69) is 30.4 Å². The molecule has 0 spiro atoms. The highest BCUT2D eigenvalue weighted by Crippen LogP contribution is 2.33. The molecule has 0 bridgehead atoms. The molecule has 3 unspecified atom stereocenters. The first-order valence-electron chi connectivity index (χ1n) is 14.2. The SMILES string of the molecule is C=CCOCC(O)COCC(O)COCCOCC(F)(F)OC(F)(F)OC(F)(F)COCC(O)COCCCN1CCOCC1. The molecule has 1 rings (SSSR count). The molecule has 1 aliphatic rings. The normalized spacial score (nSPS) is 17.4. The van der Waals surface area contributed by atoms with E-state index < -0.39 is 63.3 Å². The molecule has 13 nitrogen and oxygen atoms in total. The van der Waals surface area contributed by atoms with Crippen molar-refractivity contribution in [2.45, 2.75) is 43.2 Å². The molecule has 3 atom stereocenters. The Balaban J connectivity index is 2.14. The molecular weight excluding hydrogens is 632 g/mol. The Bertz CT molecular complexity index is 755. The summed E-state index contributed by atoms with van der Waals surface area (Å²) in [6.07, 6.45) is -16.2. The number of rotatable bonds is 29. The van der Waals surface area contributed by atoms with Crippen LogP contribution in [-0.4, -0.2) is 169 Å². The fourth-order valence-corrected chi connectivity index (χ4v) is 3.48. The standard InChI is InChI=1S/C26H45F6NO12/c1-2-7-38-13-21(34)16-42-17-22(35)15-40-11-12-41-19-24(27,28)44-26(31,32)45-25(29,30)20-43-18-23(36)14-39-8-3-4-33-5-9-37-10-6-33/h2,21-23,34-36H,1,3-20H2. The molecule has 0 aromatic carbocycles. The van der Waals surface area contributed by atoms with Gasteiger partial charge >= 0.3 is 18.5 Å². The Hall–Kier alpha value is -1.20. The molecule has 45 heavy (non-hydrogen) atoms. The Morgan fingerprint density at radius 2 is 1.13 bits per heavy atom. The minimum atomic E-state index is -5.44. The molecule has 19 heteroatoms. The van der Waals surface area contributed by atoms with Crippen molar-refractivity contribution in [2.24, 2.45) is 0 Å². The minimum Gasteiger partial charge on any atom is -0.388 e. The molecule has 1 saturated heterocycles. The lowest BCUT2D eigenvalue weighted by atomic mass is 10.3. The summed E-state index contributed by atoms with van der Waals surface area (Å²) in [4.78, 5) is 2.17. The van der Waals surface area contributed by atoms with Crippen LogP contribution in [0.4, 0.5) is 26.3 Å². The second kappa shape index (κ2) is 23.2. The highest BCUT2D eigenvalue weighted by Gasteiger charge is 2.52. The summed E-state index contributed by atoms with van der Waals surface area (Å²) in [7, 11) is 0. The first-order chi connectivity index (χ1) is 21.2. The molecule has 0 aromatic rings. The summed E-state index contributed by atoms with van der Waals surface area (Å²) >= 11 is 0. The van der Waals surface area contributed by atoms with Crippen LogP contribution in [0.15, 0.2) is 12.7 Å². The van der Waals surface area contributed by atoms with Gasteiger partial charge in [0.2, 0.25) is 0 Å². The highest BCUT2D eigenvalue weighted by atomic mass is 19.3. The van der Waals surface area contributed by atoms with Crippen molar-refractivity contribution in [1.82, 2.24) is 4.90 Å². The first kappa shape index (κ1) is 41.8. The van der Waals surface area contributed by atoms with Crippen LogP contribution in [-0.2, 0) is 42.6 Å². The lowest BCUT2D eigenvalue weighted by Crippen LogP contribution is -2.44. The molecule has 1 aliphatic heterocycles. The number of hydrogen-bond acceptors (Lipinski definition) is 13. The lowest BCUT2D eigenvalue weighted by Gasteiger charge is -2.26. The third kappa shape index (κ3) is 23.7. The summed E-state index contributed by atoms with van der Waals surface area (Å²) in [5.41, 5.74) is 0. The van der Waals surface area contributed by atoms with Crippen LogP contribution in [0.5, 0.6) is 0 Å². The van der Waals surface area contributed by atoms with Crippen LogP contribution in [0.25, 0.3) is 0 Å². The Morgan fingerprint density at radius 3 is 1.71 bits per heavy atom. The molecule has 3 N–H and O–H groups in total. The maximum absolute atomic E-state index is 13.7. The van der Waals surface area contributed by atoms with E-state index in [1.807, 2.05) is 0 Å². The zero-order chi connectivity index (χ0) is 33.6. The quantitative estimate of drug-likeness (QED) is 0.0446. The van der Waals surface area contributed by atoms with Gasteiger partial charge in [0.15, 0.2) is 0 Å². The third-order valence-electron chi connectivity index (χ3n) is 5.41. The number of alkyl halides is 6. The van der Waals surface area contributed by atoms with Crippen LogP contribution in [0.1, 0.15) is 6.42 Å². The third-order valence-corrected chi connectivity index (χ3v) is 5.41. The number of ether oxygens (including phenoxy) is 9. The van der Waals surface area contributed by atoms with Crippen molar-refractivity contribution in [2.75, 3.05) is 112 Å². The number of hydrogen-bond donors (Lipinski definition) is 3. The predicted octanol–water partition coefficient (Wildman–Crippen LogP) is 0.846. The smallest absolute Gasteiger partial charge is 0.388 e. The second-order valence-electron chi connectivity index (χ2n) is 9.79. The van der Waals surface area contributed by atoms with Gasteiger partial charge in [-0.15, -0.1) is 15.4 Å². The summed E-state index contributed by atoms with van der Waals surface area (Å²) in [6, 6.07) is 0. The van der Waals surface area contributed by atoms with Crippen LogP contribution in [0.2, 0.25) is 0 Å². The predicted molar refractivity (Wildman–Crippen MR) is 142 cm³/mol. The molecule has 1 heterocycles. The topological polar surface area (TPSA) is 147 Å². The van der Waals surface area contributed by atoms with Gasteiger partial charge in [0.1, 0.15) is 31.5 Å². The van der Waals surface area contributed by atoms with E-state index in [0.717, 1.165) is 19.6 Å². The summed E-state index contributed by atoms with van der Waals surface area (Å²) in [6.45, 7) is 1.51. The molecule has 0 aliphatic carbocycles. The summed E-state index contributed by atoms with van der Waals surface area (Å²) in [5, 5.41) is 29.0. The Kier molecular flexibility index (Phi) is 21.5. The van der Waals surface area contributed by atoms with Gasteiger partial charge in [-0.2, -0.15) is 17.6 Å². The van der Waals surface area contributed by atoms with Crippen LogP contribution < -0.4 is 0 Å². The Labute approximate surface area is 257 Å². The van der Waals surface area contributed by atoms with Gasteiger partial charge in [0, 0.05) is 26.2 Å². The van der Waals surface area contributed by atoms with Crippen LogP contribution in [0.3, 0.4) is 0 Å². The van der Waals surface area contributed by atoms with Gasteiger partial charge in [-0.05, 0) is 6.42 Å². The number of nitrogens with zero attached hydrogens (tertiary/aromatic N) is 1. The molecule has 0 aromatic heterocycles. The van der Waals surface area contributed by atoms with Gasteiger partial charge in [-0.25, -0.2) is 9.47 Å². The van der Waals surface area contributed by atoms with Crippen molar-refractivity contribution < 1.29 is 84.3 Å². The molecule has 0 saturated carbocycles. The maximum Gasteiger partial charge on any atom is 0.495 e. The van der Waals surface area contributed by atoms with Gasteiger partial charge in [0.05, 0.1) is 72.7 Å². The van der Waals surface area contributed by atoms with E-state index in [-0.39, 0.29) is 52.9 Å². The maximum atomic E-state index is 13.7. The van der Waals surface area contributed by atoms with Gasteiger partial charge in [-0.3, -0.25) is 4.90 Å². The number of morpholine rings is 1. The average molecular weight is 678 g/mol. The van der Waals surface area contributed by atoms with E-state index in [1.165, 1.54) is 6.08 Å². The van der Waals surface area contributed by atoms with Crippen LogP contribution >= 0.6 is 0 Å². The first-order valence-corrected chi connectivity index (χ1v) is 14.2. The van der Waals surface area contributed by atoms with E-state index in [1.54, 1.807) is 0 Å². The molecule has 0 amide bonds. The molecule has 268 valence electrons. The fraction of sp³-hybridized carbons (Fsp3) is 0.923. The van der Waals surface area contributed by atoms with Crippen molar-refractivity contribution in [1.29, 1.82) is 0 Å². The van der Waals surface area contributed by atoms with Crippen molar-refractivity contribution in [3.8, 4) is 0 Å². The Morgan fingerprint density at radius 1 is 0.667 bits per heavy atom. The van der Waals surface area contributed by atoms with Gasteiger partial charge in [0.25, 0.3) is 0 Å². The lowest BCUT2D eigenvalue weighted by molar-refractivity contribution is -0.518. The number of halogens is 6. The summed E-state index contributed by atoms with van der Waals surface area (Å²) < 4.78 is 123. The summed E-state index contributed by atoms with van der Waals surface area (Å²) in [5.74, 6) is 0. The van der Waals surface area contributed by atoms with Gasteiger partial charge in [-0.1, -0.05) is 6.08 Å². The highest BCUT2D eigenvalue weighted by molar-refractivity contribution is 4.65. The van der Waals surface area contributed by atoms with E-state index in [4.69, 9.17) is 23.7 Å². The van der Waals surface area contributed by atoms with Gasteiger partial charge < -0.3 is 48.5 Å². The van der Waals surface area contributed by atoms with Crippen molar-refractivity contribution in [3.63, 3.8) is 0 Å². The fourth-order valence-electron chi connectivity index (χ4n) is 3.48. The molecule has 1 fully saturated rings. The molecular formula is C26H45F6NO12. The van der Waals surface area contributed by atoms with Crippen molar-refractivity contribution >= 4 is 0 Å². The zero-order valence-electron chi connectivity index (χ0n) is 25.0.